The highest BCUT2D eigenvalue weighted by Gasteiger charge is 2.16. The molecule has 3 rings (SSSR count). The molecular weight excluding hydrogens is 416 g/mol. The van der Waals surface area contributed by atoms with E-state index in [1.54, 1.807) is 31.4 Å². The maximum Gasteiger partial charge on any atom is 0.328 e. The lowest BCUT2D eigenvalue weighted by atomic mass is 9.86. The lowest BCUT2D eigenvalue weighted by Crippen LogP contribution is -1.98. The first kappa shape index (κ1) is 23.7. The molecule has 0 heterocycles. The van der Waals surface area contributed by atoms with Crippen LogP contribution in [0.4, 0.5) is 0 Å². The van der Waals surface area contributed by atoms with Gasteiger partial charge >= 0.3 is 5.97 Å². The second-order valence-electron chi connectivity index (χ2n) is 7.68. The summed E-state index contributed by atoms with van der Waals surface area (Å²) in [6.07, 6.45) is 5.39. The van der Waals surface area contributed by atoms with Crippen LogP contribution in [0.5, 0.6) is 17.2 Å². The van der Waals surface area contributed by atoms with Gasteiger partial charge in [0.05, 0.1) is 7.11 Å². The average Bonchev–Trinajstić information content (AvgIpc) is 2.82. The lowest BCUT2D eigenvalue weighted by Gasteiger charge is -2.19. The van der Waals surface area contributed by atoms with E-state index in [4.69, 9.17) is 9.84 Å². The summed E-state index contributed by atoms with van der Waals surface area (Å²) in [5, 5.41) is 28.6. The fraction of sp³-hybridized carbons (Fsp3) is 0.179. The van der Waals surface area contributed by atoms with Crippen molar-refractivity contribution in [1.29, 1.82) is 0 Å². The van der Waals surface area contributed by atoms with E-state index in [0.717, 1.165) is 53.2 Å². The van der Waals surface area contributed by atoms with Crippen LogP contribution in [0.25, 0.3) is 17.2 Å². The number of aliphatic carboxylic acids is 1. The zero-order chi connectivity index (χ0) is 23.8. The van der Waals surface area contributed by atoms with E-state index in [-0.39, 0.29) is 11.5 Å². The molecule has 0 spiro atoms. The molecule has 0 saturated heterocycles. The van der Waals surface area contributed by atoms with Gasteiger partial charge in [0, 0.05) is 11.6 Å². The monoisotopic (exact) mass is 444 g/mol. The molecule has 0 unspecified atom stereocenters. The van der Waals surface area contributed by atoms with Crippen LogP contribution in [0.3, 0.4) is 0 Å². The summed E-state index contributed by atoms with van der Waals surface area (Å²) in [5.41, 5.74) is 5.62. The van der Waals surface area contributed by atoms with Gasteiger partial charge in [0.2, 0.25) is 0 Å². The minimum atomic E-state index is -1.02. The Hall–Kier alpha value is -3.99. The van der Waals surface area contributed by atoms with Crippen LogP contribution in [0.1, 0.15) is 48.4 Å². The Morgan fingerprint density at radius 2 is 1.42 bits per heavy atom. The quantitative estimate of drug-likeness (QED) is 0.264. The van der Waals surface area contributed by atoms with Crippen LogP contribution in [0.2, 0.25) is 0 Å². The molecule has 0 saturated carbocycles. The number of rotatable bonds is 9. The van der Waals surface area contributed by atoms with Crippen LogP contribution in [0, 0.1) is 0 Å². The standard InChI is InChI=1S/C28H28O5/c1-3-4-5-25(22-7-6-19(12-17-27(31)32)26(18-22)33-2)28(20-8-13-23(29)14-9-20)21-10-15-24(30)16-11-21/h6-18,29-30H,3-5H2,1-2H3,(H,31,32). The molecule has 0 aliphatic carbocycles. The third-order valence-corrected chi connectivity index (χ3v) is 5.38. The predicted molar refractivity (Wildman–Crippen MR) is 131 cm³/mol. The summed E-state index contributed by atoms with van der Waals surface area (Å²) >= 11 is 0. The molecule has 0 radical (unpaired) electrons. The highest BCUT2D eigenvalue weighted by molar-refractivity contribution is 5.99. The molecule has 0 aliphatic heterocycles. The fourth-order valence-corrected chi connectivity index (χ4v) is 3.74. The minimum absolute atomic E-state index is 0.190. The number of carboxylic acids is 1. The van der Waals surface area contributed by atoms with Crippen molar-refractivity contribution in [3.63, 3.8) is 0 Å². The summed E-state index contributed by atoms with van der Waals surface area (Å²) in [7, 11) is 1.56. The Balaban J connectivity index is 2.26. The molecule has 5 heteroatoms. The van der Waals surface area contributed by atoms with Gasteiger partial charge in [-0.05, 0) is 77.1 Å². The van der Waals surface area contributed by atoms with Crippen molar-refractivity contribution >= 4 is 23.2 Å². The number of benzene rings is 3. The summed E-state index contributed by atoms with van der Waals surface area (Å²) in [6, 6.07) is 19.9. The largest absolute Gasteiger partial charge is 0.508 e. The van der Waals surface area contributed by atoms with Gasteiger partial charge in [-0.3, -0.25) is 0 Å². The molecular formula is C28H28O5. The van der Waals surface area contributed by atoms with Crippen LogP contribution in [0.15, 0.2) is 72.8 Å². The van der Waals surface area contributed by atoms with E-state index in [1.165, 1.54) is 6.08 Å². The number of allylic oxidation sites excluding steroid dienone is 1. The van der Waals surface area contributed by atoms with Gasteiger partial charge < -0.3 is 20.1 Å². The smallest absolute Gasteiger partial charge is 0.328 e. The number of carbonyl (C=O) groups is 1. The molecule has 33 heavy (non-hydrogen) atoms. The summed E-state index contributed by atoms with van der Waals surface area (Å²) < 4.78 is 5.56. The van der Waals surface area contributed by atoms with Crippen LogP contribution in [-0.4, -0.2) is 28.4 Å². The maximum atomic E-state index is 10.9. The van der Waals surface area contributed by atoms with Gasteiger partial charge in [-0.1, -0.05) is 49.7 Å². The Kier molecular flexibility index (Phi) is 7.92. The molecule has 3 aromatic rings. The average molecular weight is 445 g/mol. The molecule has 0 bridgehead atoms. The fourth-order valence-electron chi connectivity index (χ4n) is 3.74. The Morgan fingerprint density at radius 1 is 0.879 bits per heavy atom. The van der Waals surface area contributed by atoms with E-state index in [9.17, 15) is 15.0 Å². The third kappa shape index (κ3) is 6.04. The number of unbranched alkanes of at least 4 members (excludes halogenated alkanes) is 1. The summed E-state index contributed by atoms with van der Waals surface area (Å²) in [4.78, 5) is 10.9. The second kappa shape index (κ2) is 11.0. The molecule has 0 amide bonds. The number of hydrogen-bond donors (Lipinski definition) is 3. The first-order valence-corrected chi connectivity index (χ1v) is 10.8. The van der Waals surface area contributed by atoms with E-state index >= 15 is 0 Å². The topological polar surface area (TPSA) is 87.0 Å². The zero-order valence-electron chi connectivity index (χ0n) is 18.8. The van der Waals surface area contributed by atoms with Crippen LogP contribution >= 0.6 is 0 Å². The SMILES string of the molecule is CCCCC(=C(c1ccc(O)cc1)c1ccc(O)cc1)c1ccc(C=CC(=O)O)c(OC)c1. The molecule has 0 atom stereocenters. The molecule has 3 N–H and O–H groups in total. The van der Waals surface area contributed by atoms with Gasteiger partial charge in [0.1, 0.15) is 17.2 Å². The highest BCUT2D eigenvalue weighted by Crippen LogP contribution is 2.38. The van der Waals surface area contributed by atoms with Crippen LogP contribution < -0.4 is 4.74 Å². The second-order valence-corrected chi connectivity index (χ2v) is 7.68. The van der Waals surface area contributed by atoms with Crippen molar-refractivity contribution in [3.05, 3.63) is 95.1 Å². The van der Waals surface area contributed by atoms with Crippen molar-refractivity contribution in [2.45, 2.75) is 26.2 Å². The molecule has 0 aliphatic rings. The van der Waals surface area contributed by atoms with Crippen molar-refractivity contribution in [2.75, 3.05) is 7.11 Å². The zero-order valence-corrected chi connectivity index (χ0v) is 18.8. The number of methoxy groups -OCH3 is 1. The maximum absolute atomic E-state index is 10.9. The van der Waals surface area contributed by atoms with Crippen LogP contribution in [-0.2, 0) is 4.79 Å². The van der Waals surface area contributed by atoms with Gasteiger partial charge in [0.25, 0.3) is 0 Å². The Labute approximate surface area is 193 Å². The number of aromatic hydroxyl groups is 2. The van der Waals surface area contributed by atoms with Gasteiger partial charge in [-0.15, -0.1) is 0 Å². The van der Waals surface area contributed by atoms with E-state index in [1.807, 2.05) is 42.5 Å². The first-order chi connectivity index (χ1) is 15.9. The van der Waals surface area contributed by atoms with Gasteiger partial charge in [-0.25, -0.2) is 4.79 Å². The Morgan fingerprint density at radius 3 is 1.91 bits per heavy atom. The molecule has 5 nitrogen and oxygen atoms in total. The highest BCUT2D eigenvalue weighted by atomic mass is 16.5. The molecule has 170 valence electrons. The number of phenols is 2. The molecule has 0 aromatic heterocycles. The molecule has 0 fully saturated rings. The normalized spacial score (nSPS) is 10.8. The summed E-state index contributed by atoms with van der Waals surface area (Å²) in [5.74, 6) is -0.0633. The number of carboxylic acid groups (broad SMARTS) is 1. The van der Waals surface area contributed by atoms with E-state index < -0.39 is 5.97 Å². The number of ether oxygens (including phenoxy) is 1. The van der Waals surface area contributed by atoms with Crippen molar-refractivity contribution in [3.8, 4) is 17.2 Å². The number of hydrogen-bond acceptors (Lipinski definition) is 4. The van der Waals surface area contributed by atoms with Crippen molar-refractivity contribution in [2.24, 2.45) is 0 Å². The predicted octanol–water partition coefficient (Wildman–Crippen LogP) is 6.35. The van der Waals surface area contributed by atoms with E-state index in [2.05, 4.69) is 6.92 Å². The minimum Gasteiger partial charge on any atom is -0.508 e. The van der Waals surface area contributed by atoms with Crippen molar-refractivity contribution < 1.29 is 24.9 Å². The van der Waals surface area contributed by atoms with Gasteiger partial charge in [-0.2, -0.15) is 0 Å². The van der Waals surface area contributed by atoms with Gasteiger partial charge in [0.15, 0.2) is 0 Å². The van der Waals surface area contributed by atoms with E-state index in [0.29, 0.717) is 11.3 Å². The Bertz CT molecular complexity index is 1110. The summed E-state index contributed by atoms with van der Waals surface area (Å²) in [6.45, 7) is 2.14. The van der Waals surface area contributed by atoms with Crippen molar-refractivity contribution in [1.82, 2.24) is 0 Å². The molecule has 3 aromatic carbocycles. The first-order valence-electron chi connectivity index (χ1n) is 10.8. The number of phenolic OH excluding ortho intramolecular Hbond substituents is 2. The lowest BCUT2D eigenvalue weighted by molar-refractivity contribution is -0.131. The third-order valence-electron chi connectivity index (χ3n) is 5.38.